The summed E-state index contributed by atoms with van der Waals surface area (Å²) in [6, 6.07) is 3.06. The Morgan fingerprint density at radius 3 is 2.83 bits per heavy atom. The van der Waals surface area contributed by atoms with Crippen molar-refractivity contribution in [3.8, 4) is 0 Å². The molecule has 2 rings (SSSR count). The van der Waals surface area contributed by atoms with Crippen LogP contribution in [0, 0.1) is 0 Å². The lowest BCUT2D eigenvalue weighted by Crippen LogP contribution is -2.41. The molecule has 1 amide bonds. The van der Waals surface area contributed by atoms with Gasteiger partial charge in [-0.05, 0) is 24.1 Å². The van der Waals surface area contributed by atoms with E-state index in [-0.39, 0.29) is 5.91 Å². The minimum absolute atomic E-state index is 0.0933. The summed E-state index contributed by atoms with van der Waals surface area (Å²) < 4.78 is 0. The second-order valence-corrected chi connectivity index (χ2v) is 5.07. The van der Waals surface area contributed by atoms with E-state index in [0.717, 1.165) is 5.56 Å². The van der Waals surface area contributed by atoms with Crippen LogP contribution >= 0.6 is 11.8 Å². The Morgan fingerprint density at radius 1 is 1.44 bits per heavy atom. The van der Waals surface area contributed by atoms with E-state index in [2.05, 4.69) is 4.98 Å². The van der Waals surface area contributed by atoms with Gasteiger partial charge in [0.05, 0.1) is 5.88 Å². The lowest BCUT2D eigenvalue weighted by Gasteiger charge is -2.20. The maximum absolute atomic E-state index is 12.0. The summed E-state index contributed by atoms with van der Waals surface area (Å²) >= 11 is 1.48. The summed E-state index contributed by atoms with van der Waals surface area (Å²) in [5, 5.41) is 9.00. The number of aliphatic carboxylic acids is 1. The number of amides is 1. The molecule has 0 saturated carbocycles. The number of hydrogen-bond acceptors (Lipinski definition) is 4. The van der Waals surface area contributed by atoms with Gasteiger partial charge in [0.25, 0.3) is 0 Å². The number of carbonyl (C=O) groups is 2. The average molecular weight is 266 g/mol. The summed E-state index contributed by atoms with van der Waals surface area (Å²) in [6.07, 6.45) is 4.33. The molecule has 1 unspecified atom stereocenters. The SMILES string of the molecule is O=C(O)C1CSCN1C(=O)CCc1ccncc1. The van der Waals surface area contributed by atoms with E-state index in [1.807, 2.05) is 12.1 Å². The lowest BCUT2D eigenvalue weighted by molar-refractivity contribution is -0.147. The molecular formula is C12H14N2O3S. The van der Waals surface area contributed by atoms with Crippen molar-refractivity contribution in [3.63, 3.8) is 0 Å². The van der Waals surface area contributed by atoms with Crippen molar-refractivity contribution >= 4 is 23.6 Å². The van der Waals surface area contributed by atoms with Crippen LogP contribution in [0.1, 0.15) is 12.0 Å². The van der Waals surface area contributed by atoms with Gasteiger partial charge in [0.2, 0.25) is 5.91 Å². The van der Waals surface area contributed by atoms with Gasteiger partial charge in [-0.2, -0.15) is 0 Å². The highest BCUT2D eigenvalue weighted by atomic mass is 32.2. The Kier molecular flexibility index (Phi) is 4.19. The van der Waals surface area contributed by atoms with E-state index in [1.165, 1.54) is 16.7 Å². The van der Waals surface area contributed by atoms with Gasteiger partial charge in [-0.25, -0.2) is 4.79 Å². The monoisotopic (exact) mass is 266 g/mol. The summed E-state index contributed by atoms with van der Waals surface area (Å²) in [5.41, 5.74) is 1.04. The van der Waals surface area contributed by atoms with Crippen LogP contribution < -0.4 is 0 Å². The van der Waals surface area contributed by atoms with Crippen LogP contribution in [0.2, 0.25) is 0 Å². The fourth-order valence-electron chi connectivity index (χ4n) is 1.84. The van der Waals surface area contributed by atoms with Crippen LogP contribution in [0.4, 0.5) is 0 Å². The molecule has 0 bridgehead atoms. The van der Waals surface area contributed by atoms with E-state index < -0.39 is 12.0 Å². The zero-order chi connectivity index (χ0) is 13.0. The van der Waals surface area contributed by atoms with Crippen molar-refractivity contribution in [1.29, 1.82) is 0 Å². The highest BCUT2D eigenvalue weighted by Gasteiger charge is 2.33. The van der Waals surface area contributed by atoms with Gasteiger partial charge in [0.15, 0.2) is 0 Å². The Balaban J connectivity index is 1.90. The third-order valence-corrected chi connectivity index (χ3v) is 3.88. The number of aryl methyl sites for hydroxylation is 1. The number of pyridine rings is 1. The average Bonchev–Trinajstić information content (AvgIpc) is 2.86. The number of rotatable bonds is 4. The van der Waals surface area contributed by atoms with E-state index in [0.29, 0.717) is 24.5 Å². The Labute approximate surface area is 109 Å². The molecule has 1 saturated heterocycles. The van der Waals surface area contributed by atoms with Crippen LogP contribution in [-0.2, 0) is 16.0 Å². The first kappa shape index (κ1) is 12.9. The number of thioether (sulfide) groups is 1. The first-order valence-corrected chi connectivity index (χ1v) is 6.83. The standard InChI is InChI=1S/C12H14N2O3S/c15-11(2-1-9-3-5-13-6-4-9)14-8-18-7-10(14)12(16)17/h3-6,10H,1-2,7-8H2,(H,16,17). The van der Waals surface area contributed by atoms with E-state index >= 15 is 0 Å². The molecule has 1 aromatic rings. The maximum Gasteiger partial charge on any atom is 0.327 e. The van der Waals surface area contributed by atoms with Crippen molar-refractivity contribution in [2.24, 2.45) is 0 Å². The molecule has 0 spiro atoms. The van der Waals surface area contributed by atoms with E-state index in [9.17, 15) is 9.59 Å². The molecule has 96 valence electrons. The first-order valence-electron chi connectivity index (χ1n) is 5.67. The molecular weight excluding hydrogens is 252 g/mol. The summed E-state index contributed by atoms with van der Waals surface area (Å²) in [4.78, 5) is 28.3. The Morgan fingerprint density at radius 2 is 2.17 bits per heavy atom. The molecule has 6 heteroatoms. The van der Waals surface area contributed by atoms with Crippen LogP contribution in [0.3, 0.4) is 0 Å². The topological polar surface area (TPSA) is 70.5 Å². The number of carboxylic acids is 1. The van der Waals surface area contributed by atoms with Crippen LogP contribution in [0.25, 0.3) is 0 Å². The molecule has 1 fully saturated rings. The zero-order valence-electron chi connectivity index (χ0n) is 9.78. The van der Waals surface area contributed by atoms with Crippen molar-refractivity contribution < 1.29 is 14.7 Å². The van der Waals surface area contributed by atoms with Crippen LogP contribution in [0.5, 0.6) is 0 Å². The zero-order valence-corrected chi connectivity index (χ0v) is 10.6. The molecule has 2 heterocycles. The summed E-state index contributed by atoms with van der Waals surface area (Å²) in [5.74, 6) is -0.0517. The van der Waals surface area contributed by atoms with Gasteiger partial charge in [0, 0.05) is 24.6 Å². The van der Waals surface area contributed by atoms with Gasteiger partial charge >= 0.3 is 5.97 Å². The fraction of sp³-hybridized carbons (Fsp3) is 0.417. The summed E-state index contributed by atoms with van der Waals surface area (Å²) in [7, 11) is 0. The van der Waals surface area contributed by atoms with Crippen molar-refractivity contribution in [3.05, 3.63) is 30.1 Å². The molecule has 0 aromatic carbocycles. The quantitative estimate of drug-likeness (QED) is 0.880. The van der Waals surface area contributed by atoms with E-state index in [1.54, 1.807) is 12.4 Å². The molecule has 1 aromatic heterocycles. The first-order chi connectivity index (χ1) is 8.68. The van der Waals surface area contributed by atoms with Gasteiger partial charge in [0.1, 0.15) is 6.04 Å². The highest BCUT2D eigenvalue weighted by Crippen LogP contribution is 2.22. The summed E-state index contributed by atoms with van der Waals surface area (Å²) in [6.45, 7) is 0. The maximum atomic E-state index is 12.0. The minimum atomic E-state index is -0.919. The number of aromatic nitrogens is 1. The van der Waals surface area contributed by atoms with E-state index in [4.69, 9.17) is 5.11 Å². The molecule has 1 aliphatic rings. The molecule has 1 aliphatic heterocycles. The number of carboxylic acid groups (broad SMARTS) is 1. The highest BCUT2D eigenvalue weighted by molar-refractivity contribution is 7.99. The number of hydrogen-bond donors (Lipinski definition) is 1. The minimum Gasteiger partial charge on any atom is -0.480 e. The van der Waals surface area contributed by atoms with Gasteiger partial charge in [-0.1, -0.05) is 0 Å². The number of carbonyl (C=O) groups excluding carboxylic acids is 1. The Bertz CT molecular complexity index is 438. The molecule has 18 heavy (non-hydrogen) atoms. The molecule has 5 nitrogen and oxygen atoms in total. The normalized spacial score (nSPS) is 18.9. The Hall–Kier alpha value is -1.56. The fourth-order valence-corrected chi connectivity index (χ4v) is 3.01. The second kappa shape index (κ2) is 5.86. The third kappa shape index (κ3) is 3.01. The van der Waals surface area contributed by atoms with Crippen molar-refractivity contribution in [2.75, 3.05) is 11.6 Å². The molecule has 0 radical (unpaired) electrons. The largest absolute Gasteiger partial charge is 0.480 e. The van der Waals surface area contributed by atoms with Crippen molar-refractivity contribution in [1.82, 2.24) is 9.88 Å². The second-order valence-electron chi connectivity index (χ2n) is 4.07. The third-order valence-electron chi connectivity index (χ3n) is 2.86. The predicted molar refractivity (Wildman–Crippen MR) is 68.2 cm³/mol. The molecule has 1 N–H and O–H groups in total. The van der Waals surface area contributed by atoms with Crippen molar-refractivity contribution in [2.45, 2.75) is 18.9 Å². The lowest BCUT2D eigenvalue weighted by atomic mass is 10.1. The van der Waals surface area contributed by atoms with Crippen LogP contribution in [-0.4, -0.2) is 44.5 Å². The smallest absolute Gasteiger partial charge is 0.327 e. The number of nitrogens with zero attached hydrogens (tertiary/aromatic N) is 2. The molecule has 0 aliphatic carbocycles. The van der Waals surface area contributed by atoms with Gasteiger partial charge in [-0.15, -0.1) is 11.8 Å². The van der Waals surface area contributed by atoms with Gasteiger partial charge in [-0.3, -0.25) is 9.78 Å². The van der Waals surface area contributed by atoms with Gasteiger partial charge < -0.3 is 10.0 Å². The predicted octanol–water partition coefficient (Wildman–Crippen LogP) is 1.00. The van der Waals surface area contributed by atoms with Crippen LogP contribution in [0.15, 0.2) is 24.5 Å². The molecule has 1 atom stereocenters.